The third-order valence-electron chi connectivity index (χ3n) is 0.989. The Bertz CT molecular complexity index is 299. The van der Waals surface area contributed by atoms with Crippen LogP contribution in [0.5, 0.6) is 0 Å². The van der Waals surface area contributed by atoms with Gasteiger partial charge in [-0.1, -0.05) is 0 Å². The minimum absolute atomic E-state index is 0.00588. The maximum atomic E-state index is 10.4. The maximum absolute atomic E-state index is 10.4. The third kappa shape index (κ3) is 2.17. The highest BCUT2D eigenvalue weighted by molar-refractivity contribution is 5.64. The van der Waals surface area contributed by atoms with E-state index in [0.717, 1.165) is 0 Å². The SMILES string of the molecule is O=C(O)NCc1cc(=O)[nH]o1. The van der Waals surface area contributed by atoms with Gasteiger partial charge in [-0.2, -0.15) is 5.16 Å². The summed E-state index contributed by atoms with van der Waals surface area (Å²) >= 11 is 0. The lowest BCUT2D eigenvalue weighted by Gasteiger charge is -1.92. The van der Waals surface area contributed by atoms with Crippen LogP contribution in [-0.2, 0) is 6.54 Å². The average Bonchev–Trinajstić information content (AvgIpc) is 2.31. The van der Waals surface area contributed by atoms with Gasteiger partial charge in [-0.25, -0.2) is 4.79 Å². The number of H-pyrrole nitrogens is 1. The summed E-state index contributed by atoms with van der Waals surface area (Å²) in [5.74, 6) is 0.261. The van der Waals surface area contributed by atoms with Crippen molar-refractivity contribution < 1.29 is 14.4 Å². The van der Waals surface area contributed by atoms with Gasteiger partial charge in [-0.05, 0) is 0 Å². The van der Waals surface area contributed by atoms with Gasteiger partial charge in [-0.3, -0.25) is 4.79 Å². The Kier molecular flexibility index (Phi) is 1.95. The predicted molar refractivity (Wildman–Crippen MR) is 34.2 cm³/mol. The number of rotatable bonds is 2. The molecule has 11 heavy (non-hydrogen) atoms. The van der Waals surface area contributed by atoms with Crippen molar-refractivity contribution in [1.82, 2.24) is 10.5 Å². The summed E-state index contributed by atoms with van der Waals surface area (Å²) in [7, 11) is 0. The van der Waals surface area contributed by atoms with Crippen molar-refractivity contribution in [3.05, 3.63) is 22.2 Å². The van der Waals surface area contributed by atoms with Gasteiger partial charge >= 0.3 is 6.09 Å². The topological polar surface area (TPSA) is 95.3 Å². The Hall–Kier alpha value is -1.72. The Labute approximate surface area is 60.8 Å². The summed E-state index contributed by atoms with van der Waals surface area (Å²) in [6, 6.07) is 1.18. The maximum Gasteiger partial charge on any atom is 0.405 e. The van der Waals surface area contributed by atoms with Gasteiger partial charge < -0.3 is 14.9 Å². The lowest BCUT2D eigenvalue weighted by Crippen LogP contribution is -2.19. The molecule has 6 nitrogen and oxygen atoms in total. The molecule has 1 rings (SSSR count). The lowest BCUT2D eigenvalue weighted by molar-refractivity contribution is 0.192. The van der Waals surface area contributed by atoms with E-state index in [0.29, 0.717) is 0 Å². The van der Waals surface area contributed by atoms with Crippen LogP contribution in [-0.4, -0.2) is 16.4 Å². The van der Waals surface area contributed by atoms with E-state index in [4.69, 9.17) is 5.11 Å². The number of hydrogen-bond donors (Lipinski definition) is 3. The summed E-state index contributed by atoms with van der Waals surface area (Å²) in [5.41, 5.74) is -0.382. The van der Waals surface area contributed by atoms with Crippen LogP contribution < -0.4 is 10.9 Å². The van der Waals surface area contributed by atoms with Crippen molar-refractivity contribution in [1.29, 1.82) is 0 Å². The quantitative estimate of drug-likeness (QED) is 0.552. The molecule has 0 atom stereocenters. The second kappa shape index (κ2) is 2.91. The molecule has 1 aromatic heterocycles. The van der Waals surface area contributed by atoms with Crippen molar-refractivity contribution >= 4 is 6.09 Å². The van der Waals surface area contributed by atoms with Gasteiger partial charge in [0.05, 0.1) is 6.54 Å². The van der Waals surface area contributed by atoms with Crippen LogP contribution in [0.4, 0.5) is 4.79 Å². The minimum atomic E-state index is -1.16. The molecule has 0 fully saturated rings. The first kappa shape index (κ1) is 7.39. The standard InChI is InChI=1S/C5H6N2O4/c8-4-1-3(11-7-4)2-6-5(9)10/h1,6H,2H2,(H,7,8)(H,9,10). The van der Waals surface area contributed by atoms with E-state index in [9.17, 15) is 9.59 Å². The van der Waals surface area contributed by atoms with Crippen LogP contribution in [0, 0.1) is 0 Å². The van der Waals surface area contributed by atoms with E-state index < -0.39 is 6.09 Å². The molecule has 6 heteroatoms. The monoisotopic (exact) mass is 158 g/mol. The molecule has 0 aliphatic carbocycles. The number of carbonyl (C=O) groups is 1. The smallest absolute Gasteiger partial charge is 0.405 e. The number of carboxylic acid groups (broad SMARTS) is 1. The van der Waals surface area contributed by atoms with Crippen LogP contribution >= 0.6 is 0 Å². The fraction of sp³-hybridized carbons (Fsp3) is 0.200. The molecule has 3 N–H and O–H groups in total. The fourth-order valence-corrected chi connectivity index (χ4v) is 0.571. The van der Waals surface area contributed by atoms with Gasteiger partial charge in [0.1, 0.15) is 0 Å². The molecule has 0 saturated carbocycles. The van der Waals surface area contributed by atoms with Gasteiger partial charge in [-0.15, -0.1) is 0 Å². The van der Waals surface area contributed by atoms with Crippen molar-refractivity contribution in [2.45, 2.75) is 6.54 Å². The predicted octanol–water partition coefficient (Wildman–Crippen LogP) is -0.265. The molecular formula is C5H6N2O4. The third-order valence-corrected chi connectivity index (χ3v) is 0.989. The Morgan fingerprint density at radius 3 is 3.00 bits per heavy atom. The number of amides is 1. The number of hydrogen-bond acceptors (Lipinski definition) is 3. The highest BCUT2D eigenvalue weighted by atomic mass is 16.5. The van der Waals surface area contributed by atoms with Crippen LogP contribution in [0.2, 0.25) is 0 Å². The molecule has 1 heterocycles. The molecule has 0 bridgehead atoms. The van der Waals surface area contributed by atoms with Gasteiger partial charge in [0.25, 0.3) is 5.56 Å². The minimum Gasteiger partial charge on any atom is -0.465 e. The van der Waals surface area contributed by atoms with E-state index in [1.54, 1.807) is 0 Å². The number of aromatic nitrogens is 1. The van der Waals surface area contributed by atoms with Crippen molar-refractivity contribution in [2.24, 2.45) is 0 Å². The summed E-state index contributed by atoms with van der Waals surface area (Å²) < 4.78 is 4.55. The first-order valence-corrected chi connectivity index (χ1v) is 2.82. The zero-order chi connectivity index (χ0) is 8.27. The zero-order valence-electron chi connectivity index (χ0n) is 5.46. The Morgan fingerprint density at radius 2 is 2.55 bits per heavy atom. The molecule has 60 valence electrons. The molecule has 0 spiro atoms. The van der Waals surface area contributed by atoms with Crippen LogP contribution in [0.15, 0.2) is 15.4 Å². The molecule has 0 unspecified atom stereocenters. The summed E-state index contributed by atoms with van der Waals surface area (Å²) in [5, 5.41) is 12.2. The largest absolute Gasteiger partial charge is 0.465 e. The fourth-order valence-electron chi connectivity index (χ4n) is 0.571. The normalized spacial score (nSPS) is 9.45. The molecule has 0 aromatic carbocycles. The van der Waals surface area contributed by atoms with E-state index >= 15 is 0 Å². The molecule has 1 amide bonds. The van der Waals surface area contributed by atoms with Crippen molar-refractivity contribution in [3.63, 3.8) is 0 Å². The highest BCUT2D eigenvalue weighted by Gasteiger charge is 2.00. The van der Waals surface area contributed by atoms with Gasteiger partial charge in [0.2, 0.25) is 0 Å². The summed E-state index contributed by atoms with van der Waals surface area (Å²) in [6.45, 7) is -0.00588. The molecule has 0 radical (unpaired) electrons. The van der Waals surface area contributed by atoms with Gasteiger partial charge in [0, 0.05) is 6.07 Å². The van der Waals surface area contributed by atoms with E-state index in [1.807, 2.05) is 10.5 Å². The average molecular weight is 158 g/mol. The number of nitrogens with one attached hydrogen (secondary N) is 2. The van der Waals surface area contributed by atoms with Crippen LogP contribution in [0.25, 0.3) is 0 Å². The first-order valence-electron chi connectivity index (χ1n) is 2.82. The van der Waals surface area contributed by atoms with Crippen LogP contribution in [0.1, 0.15) is 5.76 Å². The van der Waals surface area contributed by atoms with Crippen molar-refractivity contribution in [3.8, 4) is 0 Å². The second-order valence-corrected chi connectivity index (χ2v) is 1.84. The van der Waals surface area contributed by atoms with Crippen LogP contribution in [0.3, 0.4) is 0 Å². The molecule has 0 aliphatic heterocycles. The summed E-state index contributed by atoms with van der Waals surface area (Å²) in [4.78, 5) is 20.3. The van der Waals surface area contributed by atoms with E-state index in [-0.39, 0.29) is 17.9 Å². The zero-order valence-corrected chi connectivity index (χ0v) is 5.46. The van der Waals surface area contributed by atoms with Crippen molar-refractivity contribution in [2.75, 3.05) is 0 Å². The Morgan fingerprint density at radius 1 is 1.82 bits per heavy atom. The van der Waals surface area contributed by atoms with Gasteiger partial charge in [0.15, 0.2) is 5.76 Å². The first-order chi connectivity index (χ1) is 5.18. The molecule has 0 saturated heterocycles. The lowest BCUT2D eigenvalue weighted by atomic mass is 10.4. The Balaban J connectivity index is 2.51. The van der Waals surface area contributed by atoms with E-state index in [2.05, 4.69) is 4.52 Å². The molecule has 0 aliphatic rings. The second-order valence-electron chi connectivity index (χ2n) is 1.84. The number of aromatic amines is 1. The molecule has 1 aromatic rings. The summed E-state index contributed by atoms with van der Waals surface area (Å²) in [6.07, 6.45) is -1.16. The molecular weight excluding hydrogens is 152 g/mol. The van der Waals surface area contributed by atoms with E-state index in [1.165, 1.54) is 6.07 Å². The highest BCUT2D eigenvalue weighted by Crippen LogP contribution is 1.89.